The molecular formula is C15H28O9P2. The third kappa shape index (κ3) is 5.96. The van der Waals surface area contributed by atoms with E-state index in [2.05, 4.69) is 4.31 Å². The summed E-state index contributed by atoms with van der Waals surface area (Å²) in [6.07, 6.45) is 0. The van der Waals surface area contributed by atoms with Crippen molar-refractivity contribution in [3.05, 3.63) is 35.9 Å². The second kappa shape index (κ2) is 10.7. The van der Waals surface area contributed by atoms with Gasteiger partial charge in [0.15, 0.2) is 0 Å². The molecule has 0 radical (unpaired) electrons. The molecule has 3 unspecified atom stereocenters. The zero-order valence-electron chi connectivity index (χ0n) is 14.9. The van der Waals surface area contributed by atoms with Gasteiger partial charge < -0.3 is 30.2 Å². The monoisotopic (exact) mass is 414 g/mol. The molecule has 9 nitrogen and oxygen atoms in total. The highest BCUT2D eigenvalue weighted by Gasteiger charge is 2.57. The van der Waals surface area contributed by atoms with Gasteiger partial charge in [-0.1, -0.05) is 51.1 Å². The predicted octanol–water partition coefficient (Wildman–Crippen LogP) is 0.651. The molecule has 0 fully saturated rings. The first-order chi connectivity index (χ1) is 11.9. The number of hydrogen-bond donors (Lipinski definition) is 6. The molecule has 0 aliphatic heterocycles. The van der Waals surface area contributed by atoms with E-state index in [1.54, 1.807) is 24.3 Å². The van der Waals surface area contributed by atoms with Crippen LogP contribution in [0, 0.1) is 10.8 Å². The van der Waals surface area contributed by atoms with E-state index < -0.39 is 52.8 Å². The van der Waals surface area contributed by atoms with Gasteiger partial charge in [-0.2, -0.15) is 0 Å². The van der Waals surface area contributed by atoms with Gasteiger partial charge in [0.1, 0.15) is 5.60 Å². The van der Waals surface area contributed by atoms with E-state index in [0.717, 1.165) is 0 Å². The molecule has 0 aliphatic rings. The van der Waals surface area contributed by atoms with Crippen molar-refractivity contribution >= 4 is 16.5 Å². The Hall–Kier alpha value is -0.600. The van der Waals surface area contributed by atoms with Crippen molar-refractivity contribution in [1.29, 1.82) is 0 Å². The third-order valence-electron chi connectivity index (χ3n) is 4.13. The van der Waals surface area contributed by atoms with E-state index in [-0.39, 0.29) is 0 Å². The molecule has 0 bridgehead atoms. The lowest BCUT2D eigenvalue weighted by molar-refractivity contribution is -0.211. The fourth-order valence-electron chi connectivity index (χ4n) is 2.78. The summed E-state index contributed by atoms with van der Waals surface area (Å²) in [6.45, 7) is 3.91. The molecule has 3 atom stereocenters. The van der Waals surface area contributed by atoms with Crippen LogP contribution in [0.2, 0.25) is 0 Å². The molecule has 0 spiro atoms. The highest BCUT2D eigenvalue weighted by molar-refractivity contribution is 7.46. The van der Waals surface area contributed by atoms with Crippen LogP contribution in [0.5, 0.6) is 0 Å². The van der Waals surface area contributed by atoms with Gasteiger partial charge in [0.2, 0.25) is 0 Å². The Morgan fingerprint density at radius 2 is 1.27 bits per heavy atom. The Morgan fingerprint density at radius 1 is 0.885 bits per heavy atom. The lowest BCUT2D eigenvalue weighted by Gasteiger charge is -2.52. The summed E-state index contributed by atoms with van der Waals surface area (Å²) in [5.74, 6) is 0. The minimum Gasteiger partial charge on any atom is -0.395 e. The summed E-state index contributed by atoms with van der Waals surface area (Å²) in [5.41, 5.74) is -3.08. The van der Waals surface area contributed by atoms with Gasteiger partial charge in [0.25, 0.3) is 0 Å². The van der Waals surface area contributed by atoms with Crippen LogP contribution in [0.3, 0.4) is 0 Å². The van der Waals surface area contributed by atoms with Crippen molar-refractivity contribution in [2.45, 2.75) is 26.4 Å². The van der Waals surface area contributed by atoms with Crippen LogP contribution in [0.15, 0.2) is 30.3 Å². The zero-order chi connectivity index (χ0) is 20.6. The quantitative estimate of drug-likeness (QED) is 0.351. The van der Waals surface area contributed by atoms with Crippen LogP contribution in [-0.4, -0.2) is 50.0 Å². The summed E-state index contributed by atoms with van der Waals surface area (Å²) in [4.78, 5) is 15.4. The van der Waals surface area contributed by atoms with Crippen LogP contribution in [0.4, 0.5) is 0 Å². The first-order valence-corrected chi connectivity index (χ1v) is 10.2. The van der Waals surface area contributed by atoms with Gasteiger partial charge in [-0.3, -0.25) is 9.13 Å². The van der Waals surface area contributed by atoms with Crippen molar-refractivity contribution in [2.75, 3.05) is 19.8 Å². The van der Waals surface area contributed by atoms with Crippen molar-refractivity contribution in [3.8, 4) is 0 Å². The summed E-state index contributed by atoms with van der Waals surface area (Å²) < 4.78 is 22.3. The predicted molar refractivity (Wildman–Crippen MR) is 97.0 cm³/mol. The molecule has 152 valence electrons. The molecule has 1 aromatic carbocycles. The Bertz CT molecular complexity index is 564. The van der Waals surface area contributed by atoms with Gasteiger partial charge in [-0.25, -0.2) is 4.31 Å². The van der Waals surface area contributed by atoms with Crippen LogP contribution >= 0.6 is 16.5 Å². The van der Waals surface area contributed by atoms with Crippen LogP contribution in [0.1, 0.15) is 26.3 Å². The Labute approximate surface area is 153 Å². The van der Waals surface area contributed by atoms with Crippen LogP contribution < -0.4 is 0 Å². The molecule has 0 heterocycles. The molecule has 0 aromatic heterocycles. The molecule has 0 aliphatic carbocycles. The summed E-state index contributed by atoms with van der Waals surface area (Å²) in [6, 6.07) is 8.86. The maximum atomic E-state index is 11.2. The normalized spacial score (nSPS) is 16.8. The third-order valence-corrected chi connectivity index (χ3v) is 5.52. The van der Waals surface area contributed by atoms with E-state index in [9.17, 15) is 29.6 Å². The fourth-order valence-corrected chi connectivity index (χ4v) is 3.38. The molecule has 26 heavy (non-hydrogen) atoms. The standard InChI is InChI=1S/C15H24O4.H4O5P2/c1-13(2,3)15(19,12-7-5-4-6-8-12)14(9-16,10-17)11-18;1-6(2)5-7(3)4/h4-8,16-19H,9-11H2,1-3H3;6-7H,(H,1,2)(H,3,4). The van der Waals surface area contributed by atoms with E-state index >= 15 is 0 Å². The molecular weight excluding hydrogens is 386 g/mol. The number of aliphatic hydroxyl groups is 4. The highest BCUT2D eigenvalue weighted by Crippen LogP contribution is 2.51. The average Bonchev–Trinajstić information content (AvgIpc) is 2.55. The molecule has 0 saturated heterocycles. The second-order valence-corrected chi connectivity index (χ2v) is 8.60. The number of benzene rings is 1. The van der Waals surface area contributed by atoms with Crippen LogP contribution in [0.25, 0.3) is 0 Å². The van der Waals surface area contributed by atoms with Gasteiger partial charge in [-0.05, 0) is 11.0 Å². The molecule has 1 aromatic rings. The first-order valence-electron chi connectivity index (χ1n) is 7.66. The minimum absolute atomic E-state index is 0.511. The fraction of sp³-hybridized carbons (Fsp3) is 0.600. The van der Waals surface area contributed by atoms with Crippen molar-refractivity contribution < 1.29 is 43.7 Å². The SMILES string of the molecule is CC(C)(C)C(O)(c1ccccc1)C(CO)(CO)CO.O=[PH](O)O[PH](=O)O. The van der Waals surface area contributed by atoms with Gasteiger partial charge in [-0.15, -0.1) is 0 Å². The van der Waals surface area contributed by atoms with Crippen molar-refractivity contribution in [1.82, 2.24) is 0 Å². The van der Waals surface area contributed by atoms with Crippen LogP contribution in [-0.2, 0) is 19.0 Å². The summed E-state index contributed by atoms with van der Waals surface area (Å²) in [7, 11) is -6.40. The van der Waals surface area contributed by atoms with Gasteiger partial charge in [0, 0.05) is 0 Å². The summed E-state index contributed by atoms with van der Waals surface area (Å²) >= 11 is 0. The Balaban J connectivity index is 0.000000758. The second-order valence-electron chi connectivity index (χ2n) is 6.71. The van der Waals surface area contributed by atoms with E-state index in [4.69, 9.17) is 9.79 Å². The summed E-state index contributed by atoms with van der Waals surface area (Å²) in [5, 5.41) is 40.2. The zero-order valence-corrected chi connectivity index (χ0v) is 16.9. The lowest BCUT2D eigenvalue weighted by Crippen LogP contribution is -2.59. The maximum Gasteiger partial charge on any atom is 0.323 e. The number of aliphatic hydroxyl groups excluding tert-OH is 3. The minimum atomic E-state index is -3.20. The van der Waals surface area contributed by atoms with Crippen molar-refractivity contribution in [3.63, 3.8) is 0 Å². The van der Waals surface area contributed by atoms with E-state index in [0.29, 0.717) is 5.56 Å². The average molecular weight is 414 g/mol. The molecule has 6 N–H and O–H groups in total. The Kier molecular flexibility index (Phi) is 10.4. The topological polar surface area (TPSA) is 165 Å². The molecule has 11 heteroatoms. The van der Waals surface area contributed by atoms with Gasteiger partial charge >= 0.3 is 16.5 Å². The molecule has 1 rings (SSSR count). The van der Waals surface area contributed by atoms with Crippen molar-refractivity contribution in [2.24, 2.45) is 10.8 Å². The Morgan fingerprint density at radius 3 is 1.50 bits per heavy atom. The molecule has 0 saturated carbocycles. The first kappa shape index (κ1) is 25.4. The number of hydrogen-bond acceptors (Lipinski definition) is 7. The smallest absolute Gasteiger partial charge is 0.323 e. The number of rotatable bonds is 7. The largest absolute Gasteiger partial charge is 0.395 e. The molecule has 0 amide bonds. The van der Waals surface area contributed by atoms with E-state index in [1.165, 1.54) is 0 Å². The van der Waals surface area contributed by atoms with E-state index in [1.807, 2.05) is 26.8 Å². The van der Waals surface area contributed by atoms with Gasteiger partial charge in [0.05, 0.1) is 25.2 Å². The highest BCUT2D eigenvalue weighted by atomic mass is 31.2. The lowest BCUT2D eigenvalue weighted by atomic mass is 9.58. The maximum absolute atomic E-state index is 11.2.